The van der Waals surface area contributed by atoms with Crippen LogP contribution >= 0.6 is 16.5 Å². The Kier molecular flexibility index (Phi) is 19.3. The Balaban J connectivity index is 0.00000145. The first kappa shape index (κ1) is 63.9. The van der Waals surface area contributed by atoms with Crippen molar-refractivity contribution in [3.8, 4) is 55.6 Å². The molecule has 0 aliphatic carbocycles. The second-order valence-corrected chi connectivity index (χ2v) is 30.0. The Morgan fingerprint density at radius 3 is 0.763 bits per heavy atom. The van der Waals surface area contributed by atoms with Crippen molar-refractivity contribution in [3.05, 3.63) is 154 Å². The monoisotopic (exact) mass is 1070 g/mol. The lowest BCUT2D eigenvalue weighted by Crippen LogP contribution is -2.20. The van der Waals surface area contributed by atoms with Crippen molar-refractivity contribution in [2.45, 2.75) is 209 Å². The summed E-state index contributed by atoms with van der Waals surface area (Å²) in [7, 11) is -5.74. The predicted molar refractivity (Wildman–Crippen MR) is 327 cm³/mol. The summed E-state index contributed by atoms with van der Waals surface area (Å²) in [6.45, 7) is 57.1. The Bertz CT molecular complexity index is 3030. The van der Waals surface area contributed by atoms with E-state index in [1.807, 2.05) is 0 Å². The van der Waals surface area contributed by atoms with Gasteiger partial charge in [0.05, 0.1) is 0 Å². The molecule has 0 aromatic heterocycles. The van der Waals surface area contributed by atoms with Crippen LogP contribution < -0.4 is 0 Å². The van der Waals surface area contributed by atoms with Crippen LogP contribution in [-0.2, 0) is 52.5 Å². The van der Waals surface area contributed by atoms with Gasteiger partial charge in [-0.05, 0) is 150 Å². The summed E-state index contributed by atoms with van der Waals surface area (Å²) in [6, 6.07) is 43.8. The van der Waals surface area contributed by atoms with Gasteiger partial charge in [-0.25, -0.2) is 0 Å². The molecule has 6 rings (SSSR count). The highest BCUT2D eigenvalue weighted by atomic mass is 31.1. The fourth-order valence-electron chi connectivity index (χ4n) is 9.98. The molecule has 0 fully saturated rings. The summed E-state index contributed by atoms with van der Waals surface area (Å²) >= 11 is 0. The molecular weight excluding hydrogens is 975 g/mol. The van der Waals surface area contributed by atoms with Crippen LogP contribution in [0.5, 0.6) is 0 Å². The van der Waals surface area contributed by atoms with Crippen LogP contribution in [-0.4, -0.2) is 19.6 Å². The quantitative estimate of drug-likeness (QED) is 0.128. The maximum absolute atomic E-state index is 8.70. The average molecular weight is 1070 g/mol. The third-order valence-corrected chi connectivity index (χ3v) is 14.3. The van der Waals surface area contributed by atoms with Crippen molar-refractivity contribution in [1.29, 1.82) is 0 Å². The Labute approximate surface area is 461 Å². The molecule has 4 N–H and O–H groups in total. The molecule has 8 heteroatoms. The molecular formula is C68H94O6P2+2. The fourth-order valence-corrected chi connectivity index (χ4v) is 9.98. The average Bonchev–Trinajstić information content (AvgIpc) is 3.25. The van der Waals surface area contributed by atoms with Crippen LogP contribution in [0.1, 0.15) is 211 Å². The smallest absolute Gasteiger partial charge is 0.134 e. The Hall–Kier alpha value is -4.64. The van der Waals surface area contributed by atoms with Crippen LogP contribution in [0.4, 0.5) is 0 Å². The minimum absolute atomic E-state index is 0.00719. The van der Waals surface area contributed by atoms with Crippen LogP contribution in [0.2, 0.25) is 0 Å². The zero-order valence-corrected chi connectivity index (χ0v) is 52.7. The summed E-state index contributed by atoms with van der Waals surface area (Å²) in [4.78, 5) is 28.5. The van der Waals surface area contributed by atoms with E-state index in [9.17, 15) is 0 Å². The first-order valence-electron chi connectivity index (χ1n) is 26.9. The lowest BCUT2D eigenvalue weighted by atomic mass is 9.68. The maximum atomic E-state index is 8.70. The predicted octanol–water partition coefficient (Wildman–Crippen LogP) is 19.7. The standard InChI is InChI=1S/C68H90.2HO3P/c1-61(2,3)44-30-34-48(54(38-44)65(13,14)15)53-42-52(43-28-26-25-27-29-43)58(49-35-31-45(62(4,5)6)39-55(49)66(16,17)18)60(51-37-33-47(64(10,11)12)41-57(51)68(22,23)24)59(53)50-36-32-46(63(7,8)9)40-56(50)67(19,20)21;2*1-4(2)3/h25-42H,1-24H3;2*(H-,1,2,3)/p+2. The molecule has 0 aliphatic heterocycles. The molecule has 0 saturated heterocycles. The lowest BCUT2D eigenvalue weighted by molar-refractivity contribution is 0.403. The second kappa shape index (κ2) is 23.0. The molecule has 0 amide bonds. The van der Waals surface area contributed by atoms with Crippen LogP contribution in [0.25, 0.3) is 55.6 Å². The van der Waals surface area contributed by atoms with E-state index in [1.165, 1.54) is 100 Å². The van der Waals surface area contributed by atoms with E-state index in [4.69, 9.17) is 28.7 Å². The van der Waals surface area contributed by atoms with Gasteiger partial charge in [0.15, 0.2) is 0 Å². The highest BCUT2D eigenvalue weighted by molar-refractivity contribution is 7.31. The van der Waals surface area contributed by atoms with Crippen molar-refractivity contribution in [3.63, 3.8) is 0 Å². The van der Waals surface area contributed by atoms with E-state index >= 15 is 0 Å². The highest BCUT2D eigenvalue weighted by Crippen LogP contribution is 2.56. The molecule has 0 heterocycles. The molecule has 410 valence electrons. The fraction of sp³-hybridized carbons (Fsp3) is 0.471. The van der Waals surface area contributed by atoms with E-state index in [0.717, 1.165) is 0 Å². The maximum Gasteiger partial charge on any atom is 0.692 e. The largest absolute Gasteiger partial charge is 0.692 e. The molecule has 76 heavy (non-hydrogen) atoms. The molecule has 0 spiro atoms. The summed E-state index contributed by atoms with van der Waals surface area (Å²) in [6.07, 6.45) is 0. The summed E-state index contributed by atoms with van der Waals surface area (Å²) < 4.78 is 17.4. The van der Waals surface area contributed by atoms with Gasteiger partial charge in [0.1, 0.15) is 0 Å². The molecule has 0 atom stereocenters. The normalized spacial score (nSPS) is 12.8. The molecule has 0 bridgehead atoms. The zero-order valence-electron chi connectivity index (χ0n) is 50.9. The number of hydrogen-bond acceptors (Lipinski definition) is 2. The molecule has 0 radical (unpaired) electrons. The summed E-state index contributed by atoms with van der Waals surface area (Å²) in [5, 5.41) is 0. The second-order valence-electron chi connectivity index (χ2n) is 29.0. The number of hydrogen-bond donors (Lipinski definition) is 4. The van der Waals surface area contributed by atoms with Gasteiger partial charge in [0.2, 0.25) is 0 Å². The first-order chi connectivity index (χ1) is 34.3. The summed E-state index contributed by atoms with van der Waals surface area (Å²) in [5.74, 6) is 0. The van der Waals surface area contributed by atoms with Crippen LogP contribution in [0.3, 0.4) is 0 Å². The van der Waals surface area contributed by atoms with Gasteiger partial charge in [-0.2, -0.15) is 0 Å². The summed E-state index contributed by atoms with van der Waals surface area (Å²) in [5.41, 5.74) is 23.1. The van der Waals surface area contributed by atoms with Gasteiger partial charge in [0, 0.05) is 9.13 Å². The van der Waals surface area contributed by atoms with Gasteiger partial charge < -0.3 is 0 Å². The Morgan fingerprint density at radius 1 is 0.263 bits per heavy atom. The van der Waals surface area contributed by atoms with Gasteiger partial charge in [0.25, 0.3) is 0 Å². The van der Waals surface area contributed by atoms with Crippen LogP contribution in [0.15, 0.2) is 109 Å². The van der Waals surface area contributed by atoms with Crippen molar-refractivity contribution in [1.82, 2.24) is 0 Å². The van der Waals surface area contributed by atoms with E-state index in [2.05, 4.69) is 275 Å². The Morgan fingerprint density at radius 2 is 0.500 bits per heavy atom. The number of rotatable bonds is 5. The van der Waals surface area contributed by atoms with E-state index in [0.29, 0.717) is 0 Å². The molecule has 0 unspecified atom stereocenters. The third kappa shape index (κ3) is 15.8. The SMILES string of the molecule is CC(C)(C)c1ccc(-c2cc(-c3ccccc3)c(-c3ccc(C(C)(C)C)cc3C(C)(C)C)c(-c3ccc(C(C)(C)C)cc3C(C)(C)C)c2-c2ccc(C(C)(C)C)cc2C(C)(C)C)c(C(C)(C)C)c1.O=[P+](O)O.O=[P+](O)O. The third-order valence-electron chi connectivity index (χ3n) is 14.3. The van der Waals surface area contributed by atoms with Crippen molar-refractivity contribution in [2.75, 3.05) is 0 Å². The minimum atomic E-state index is -2.87. The molecule has 0 aliphatic rings. The van der Waals surface area contributed by atoms with Gasteiger partial charge >= 0.3 is 16.5 Å². The van der Waals surface area contributed by atoms with E-state index in [-0.39, 0.29) is 43.3 Å². The van der Waals surface area contributed by atoms with E-state index < -0.39 is 16.5 Å². The van der Waals surface area contributed by atoms with Gasteiger partial charge in [-0.15, -0.1) is 19.6 Å². The minimum Gasteiger partial charge on any atom is -0.134 e. The van der Waals surface area contributed by atoms with Crippen molar-refractivity contribution in [2.24, 2.45) is 0 Å². The first-order valence-corrected chi connectivity index (χ1v) is 29.2. The van der Waals surface area contributed by atoms with Gasteiger partial charge in [-0.1, -0.05) is 269 Å². The highest BCUT2D eigenvalue weighted by Gasteiger charge is 2.35. The molecule has 6 aromatic rings. The topological polar surface area (TPSA) is 115 Å². The lowest BCUT2D eigenvalue weighted by Gasteiger charge is -2.35. The number of benzene rings is 6. The van der Waals surface area contributed by atoms with Crippen molar-refractivity contribution < 1.29 is 28.7 Å². The zero-order chi connectivity index (χ0) is 58.3. The molecule has 6 nitrogen and oxygen atoms in total. The molecule has 0 saturated carbocycles. The van der Waals surface area contributed by atoms with Crippen LogP contribution in [0, 0.1) is 0 Å². The van der Waals surface area contributed by atoms with Gasteiger partial charge in [-0.3, -0.25) is 0 Å². The molecule has 6 aromatic carbocycles. The van der Waals surface area contributed by atoms with E-state index in [1.54, 1.807) is 0 Å². The van der Waals surface area contributed by atoms with Crippen molar-refractivity contribution >= 4 is 16.5 Å².